The van der Waals surface area contributed by atoms with Gasteiger partial charge in [0.1, 0.15) is 5.15 Å². The Morgan fingerprint density at radius 1 is 1.69 bits per heavy atom. The number of rotatable bonds is 3. The van der Waals surface area contributed by atoms with Crippen LogP contribution in [0.2, 0.25) is 5.15 Å². The molecule has 0 saturated carbocycles. The second-order valence-electron chi connectivity index (χ2n) is 2.92. The van der Waals surface area contributed by atoms with Gasteiger partial charge >= 0.3 is 0 Å². The number of anilines is 1. The smallest absolute Gasteiger partial charge is 0.248 e. The Bertz CT molecular complexity index is 541. The van der Waals surface area contributed by atoms with Crippen LogP contribution in [0.5, 0.6) is 0 Å². The van der Waals surface area contributed by atoms with Gasteiger partial charge in [0.2, 0.25) is 10.0 Å². The topological polar surface area (TPSA) is 82.8 Å². The van der Waals surface area contributed by atoms with Gasteiger partial charge in [0.05, 0.1) is 22.4 Å². The molecule has 1 N–H and O–H groups in total. The molecular formula is C8H7BrClN3O2S. The highest BCUT2D eigenvalue weighted by atomic mass is 79.9. The fourth-order valence-corrected chi connectivity index (χ4v) is 2.01. The molecule has 0 spiro atoms. The molecule has 0 bridgehead atoms. The lowest BCUT2D eigenvalue weighted by Crippen LogP contribution is -2.23. The van der Waals surface area contributed by atoms with Gasteiger partial charge in [-0.05, 0) is 28.9 Å². The van der Waals surface area contributed by atoms with Gasteiger partial charge < -0.3 is 0 Å². The summed E-state index contributed by atoms with van der Waals surface area (Å²) in [5.41, 5.74) is 0.248. The Balaban J connectivity index is 2.98. The highest BCUT2D eigenvalue weighted by Crippen LogP contribution is 2.23. The van der Waals surface area contributed by atoms with E-state index in [1.807, 2.05) is 0 Å². The molecule has 0 aliphatic carbocycles. The quantitative estimate of drug-likeness (QED) is 0.864. The van der Waals surface area contributed by atoms with Gasteiger partial charge in [-0.15, -0.1) is 0 Å². The predicted octanol–water partition coefficient (Wildman–Crippen LogP) is 2.15. The Hall–Kier alpha value is -0.840. The number of nitrogens with one attached hydrogen (secondary N) is 1. The Morgan fingerprint density at radius 3 is 2.81 bits per heavy atom. The normalized spacial score (nSPS) is 12.9. The molecule has 5 nitrogen and oxygen atoms in total. The van der Waals surface area contributed by atoms with Crippen LogP contribution < -0.4 is 4.72 Å². The van der Waals surface area contributed by atoms with Crippen molar-refractivity contribution in [3.05, 3.63) is 21.9 Å². The van der Waals surface area contributed by atoms with E-state index in [4.69, 9.17) is 16.9 Å². The molecule has 1 aromatic heterocycles. The zero-order valence-corrected chi connectivity index (χ0v) is 11.3. The number of sulfonamides is 1. The van der Waals surface area contributed by atoms with E-state index in [9.17, 15) is 8.42 Å². The molecule has 0 fully saturated rings. The van der Waals surface area contributed by atoms with Crippen molar-refractivity contribution in [3.8, 4) is 6.07 Å². The van der Waals surface area contributed by atoms with Crippen LogP contribution in [0.4, 0.5) is 5.69 Å². The first-order chi connectivity index (χ1) is 7.36. The van der Waals surface area contributed by atoms with Crippen molar-refractivity contribution >= 4 is 43.2 Å². The SMILES string of the molecule is CC(C#N)S(=O)(=O)Nc1cnc(Cl)c(Br)c1. The molecule has 0 radical (unpaired) electrons. The number of aromatic nitrogens is 1. The van der Waals surface area contributed by atoms with Crippen molar-refractivity contribution in [2.75, 3.05) is 4.72 Å². The van der Waals surface area contributed by atoms with Crippen LogP contribution in [0.25, 0.3) is 0 Å². The van der Waals surface area contributed by atoms with Gasteiger partial charge in [-0.25, -0.2) is 13.4 Å². The number of pyridine rings is 1. The van der Waals surface area contributed by atoms with E-state index in [0.29, 0.717) is 4.47 Å². The van der Waals surface area contributed by atoms with E-state index in [1.54, 1.807) is 6.07 Å². The third kappa shape index (κ3) is 3.07. The van der Waals surface area contributed by atoms with Crippen molar-refractivity contribution in [3.63, 3.8) is 0 Å². The van der Waals surface area contributed by atoms with Gasteiger partial charge in [0.25, 0.3) is 0 Å². The van der Waals surface area contributed by atoms with Crippen LogP contribution in [0.3, 0.4) is 0 Å². The van der Waals surface area contributed by atoms with E-state index in [0.717, 1.165) is 0 Å². The molecule has 1 aromatic rings. The maximum Gasteiger partial charge on any atom is 0.248 e. The molecule has 0 aliphatic rings. The minimum Gasteiger partial charge on any atom is -0.281 e. The summed E-state index contributed by atoms with van der Waals surface area (Å²) < 4.78 is 25.7. The summed E-state index contributed by atoms with van der Waals surface area (Å²) in [6.07, 6.45) is 1.27. The Labute approximate surface area is 107 Å². The minimum atomic E-state index is -3.71. The van der Waals surface area contributed by atoms with E-state index in [2.05, 4.69) is 25.6 Å². The summed E-state index contributed by atoms with van der Waals surface area (Å²) in [7, 11) is -3.71. The average Bonchev–Trinajstić information content (AvgIpc) is 2.22. The fourth-order valence-electron chi connectivity index (χ4n) is 0.799. The first-order valence-corrected chi connectivity index (χ1v) is 6.81. The zero-order valence-electron chi connectivity index (χ0n) is 8.11. The van der Waals surface area contributed by atoms with Crippen LogP contribution >= 0.6 is 27.5 Å². The van der Waals surface area contributed by atoms with Gasteiger partial charge in [-0.1, -0.05) is 11.6 Å². The van der Waals surface area contributed by atoms with Gasteiger partial charge in [0.15, 0.2) is 5.25 Å². The van der Waals surface area contributed by atoms with Crippen LogP contribution in [0.15, 0.2) is 16.7 Å². The Kier molecular flexibility index (Phi) is 4.13. The molecule has 86 valence electrons. The summed E-state index contributed by atoms with van der Waals surface area (Å²) in [5, 5.41) is 7.63. The maximum absolute atomic E-state index is 11.5. The number of nitrogens with zero attached hydrogens (tertiary/aromatic N) is 2. The minimum absolute atomic E-state index is 0.233. The number of halogens is 2. The molecule has 1 atom stereocenters. The number of hydrogen-bond acceptors (Lipinski definition) is 4. The molecule has 0 aromatic carbocycles. The molecule has 16 heavy (non-hydrogen) atoms. The molecule has 1 rings (SSSR count). The molecular weight excluding hydrogens is 318 g/mol. The lowest BCUT2D eigenvalue weighted by atomic mass is 10.4. The second kappa shape index (κ2) is 4.99. The van der Waals surface area contributed by atoms with Crippen LogP contribution in [0, 0.1) is 11.3 Å². The third-order valence-electron chi connectivity index (χ3n) is 1.70. The summed E-state index contributed by atoms with van der Waals surface area (Å²) in [5.74, 6) is 0. The van der Waals surface area contributed by atoms with Gasteiger partial charge in [-0.3, -0.25) is 4.72 Å². The monoisotopic (exact) mass is 323 g/mol. The molecule has 8 heteroatoms. The third-order valence-corrected chi connectivity index (χ3v) is 4.39. The van der Waals surface area contributed by atoms with Crippen molar-refractivity contribution in [2.24, 2.45) is 0 Å². The summed E-state index contributed by atoms with van der Waals surface area (Å²) in [4.78, 5) is 3.76. The highest BCUT2D eigenvalue weighted by Gasteiger charge is 2.20. The lowest BCUT2D eigenvalue weighted by molar-refractivity contribution is 0.597. The maximum atomic E-state index is 11.5. The summed E-state index contributed by atoms with van der Waals surface area (Å²) >= 11 is 8.77. The standard InChI is InChI=1S/C8H7BrClN3O2S/c1-5(3-11)16(14,15)13-6-2-7(9)8(10)12-4-6/h2,4-5,13H,1H3. The molecule has 1 unspecified atom stereocenters. The second-order valence-corrected chi connectivity index (χ2v) is 6.13. The highest BCUT2D eigenvalue weighted by molar-refractivity contribution is 9.10. The zero-order chi connectivity index (χ0) is 12.3. The van der Waals surface area contributed by atoms with Gasteiger partial charge in [0, 0.05) is 0 Å². The first-order valence-electron chi connectivity index (χ1n) is 4.09. The summed E-state index contributed by atoms with van der Waals surface area (Å²) in [6, 6.07) is 3.11. The predicted molar refractivity (Wildman–Crippen MR) is 64.6 cm³/mol. The molecule has 0 saturated heterocycles. The average molecular weight is 325 g/mol. The largest absolute Gasteiger partial charge is 0.281 e. The number of hydrogen-bond donors (Lipinski definition) is 1. The molecule has 0 amide bonds. The lowest BCUT2D eigenvalue weighted by Gasteiger charge is -2.09. The Morgan fingerprint density at radius 2 is 2.31 bits per heavy atom. The molecule has 1 heterocycles. The van der Waals surface area contributed by atoms with Crippen molar-refractivity contribution in [1.29, 1.82) is 5.26 Å². The van der Waals surface area contributed by atoms with E-state index in [-0.39, 0.29) is 10.8 Å². The van der Waals surface area contributed by atoms with Crippen molar-refractivity contribution < 1.29 is 8.42 Å². The van der Waals surface area contributed by atoms with E-state index >= 15 is 0 Å². The van der Waals surface area contributed by atoms with E-state index < -0.39 is 15.3 Å². The van der Waals surface area contributed by atoms with Crippen molar-refractivity contribution in [1.82, 2.24) is 4.98 Å². The first kappa shape index (κ1) is 13.2. The van der Waals surface area contributed by atoms with Crippen LogP contribution in [-0.2, 0) is 10.0 Å². The van der Waals surface area contributed by atoms with Gasteiger partial charge in [-0.2, -0.15) is 5.26 Å². The van der Waals surface area contributed by atoms with Crippen molar-refractivity contribution in [2.45, 2.75) is 12.2 Å². The summed E-state index contributed by atoms with van der Waals surface area (Å²) in [6.45, 7) is 1.29. The van der Waals surface area contributed by atoms with Crippen LogP contribution in [-0.4, -0.2) is 18.7 Å². The van der Waals surface area contributed by atoms with Crippen LogP contribution in [0.1, 0.15) is 6.92 Å². The fraction of sp³-hybridized carbons (Fsp3) is 0.250. The van der Waals surface area contributed by atoms with E-state index in [1.165, 1.54) is 19.2 Å². The number of nitriles is 1. The molecule has 0 aliphatic heterocycles.